The summed E-state index contributed by atoms with van der Waals surface area (Å²) in [5.41, 5.74) is 0.567. The Morgan fingerprint density at radius 3 is 2.46 bits per heavy atom. The quantitative estimate of drug-likeness (QED) is 0.776. The second kappa shape index (κ2) is 8.34. The molecule has 0 radical (unpaired) electrons. The highest BCUT2D eigenvalue weighted by Crippen LogP contribution is 2.31. The summed E-state index contributed by atoms with van der Waals surface area (Å²) in [5, 5.41) is 2.40. The van der Waals surface area contributed by atoms with Crippen molar-refractivity contribution in [1.82, 2.24) is 4.31 Å². The Morgan fingerprint density at radius 2 is 1.82 bits per heavy atom. The third kappa shape index (κ3) is 4.31. The molecular weight excluding hydrogens is 430 g/mol. The van der Waals surface area contributed by atoms with E-state index in [9.17, 15) is 17.6 Å². The average Bonchev–Trinajstić information content (AvgIpc) is 2.65. The fourth-order valence-electron chi connectivity index (χ4n) is 2.70. The third-order valence-electron chi connectivity index (χ3n) is 4.28. The number of hydrogen-bond acceptors (Lipinski definition) is 4. The monoisotopic (exact) mass is 446 g/mol. The number of anilines is 1. The van der Waals surface area contributed by atoms with Gasteiger partial charge in [0.2, 0.25) is 10.0 Å². The van der Waals surface area contributed by atoms with E-state index in [1.165, 1.54) is 28.6 Å². The molecule has 0 aliphatic carbocycles. The molecule has 1 heterocycles. The summed E-state index contributed by atoms with van der Waals surface area (Å²) in [5.74, 6) is -1.15. The van der Waals surface area contributed by atoms with Gasteiger partial charge in [-0.15, -0.1) is 0 Å². The first kappa shape index (κ1) is 21.0. The Bertz CT molecular complexity index is 1020. The van der Waals surface area contributed by atoms with Gasteiger partial charge in [0.1, 0.15) is 10.7 Å². The van der Waals surface area contributed by atoms with Crippen LogP contribution in [0.15, 0.2) is 35.2 Å². The number of carbonyl (C=O) groups excluding carboxylic acids is 1. The molecule has 150 valence electrons. The molecule has 0 bridgehead atoms. The van der Waals surface area contributed by atoms with Crippen molar-refractivity contribution in [2.75, 3.05) is 31.6 Å². The van der Waals surface area contributed by atoms with Gasteiger partial charge in [0.25, 0.3) is 5.91 Å². The van der Waals surface area contributed by atoms with Crippen LogP contribution in [-0.4, -0.2) is 44.9 Å². The Balaban J connectivity index is 1.94. The molecule has 0 unspecified atom stereocenters. The van der Waals surface area contributed by atoms with Crippen LogP contribution in [0.25, 0.3) is 0 Å². The smallest absolute Gasteiger partial charge is 0.257 e. The predicted molar refractivity (Wildman–Crippen MR) is 105 cm³/mol. The minimum atomic E-state index is -3.93. The first-order valence-electron chi connectivity index (χ1n) is 8.34. The number of halogens is 3. The number of rotatable bonds is 4. The van der Waals surface area contributed by atoms with Crippen LogP contribution in [0.3, 0.4) is 0 Å². The predicted octanol–water partition coefficient (Wildman–Crippen LogP) is 3.71. The molecule has 1 aliphatic heterocycles. The second-order valence-corrected chi connectivity index (χ2v) is 8.92. The van der Waals surface area contributed by atoms with Crippen LogP contribution >= 0.6 is 23.2 Å². The van der Waals surface area contributed by atoms with Gasteiger partial charge in [0.15, 0.2) is 0 Å². The number of aryl methyl sites for hydroxylation is 1. The fraction of sp³-hybridized carbons (Fsp3) is 0.278. The van der Waals surface area contributed by atoms with Gasteiger partial charge < -0.3 is 10.1 Å². The minimum Gasteiger partial charge on any atom is -0.379 e. The first-order valence-corrected chi connectivity index (χ1v) is 10.5. The average molecular weight is 447 g/mol. The molecule has 1 N–H and O–H groups in total. The molecular formula is C18H17Cl2FN2O4S. The second-order valence-electron chi connectivity index (χ2n) is 6.20. The van der Waals surface area contributed by atoms with Gasteiger partial charge in [-0.3, -0.25) is 4.79 Å². The number of nitrogens with one attached hydrogen (secondary N) is 1. The zero-order valence-electron chi connectivity index (χ0n) is 14.8. The molecule has 0 saturated carbocycles. The normalized spacial score (nSPS) is 15.4. The van der Waals surface area contributed by atoms with Crippen molar-refractivity contribution in [3.8, 4) is 0 Å². The zero-order valence-corrected chi connectivity index (χ0v) is 17.2. The first-order chi connectivity index (χ1) is 13.2. The minimum absolute atomic E-state index is 0.0176. The van der Waals surface area contributed by atoms with Gasteiger partial charge in [-0.25, -0.2) is 12.8 Å². The SMILES string of the molecule is Cc1ccc(NC(=O)c2cc(S(=O)(=O)N3CCOCC3)c(Cl)cc2Cl)cc1F. The largest absolute Gasteiger partial charge is 0.379 e. The number of sulfonamides is 1. The Kier molecular flexibility index (Phi) is 6.26. The molecule has 10 heteroatoms. The number of morpholine rings is 1. The van der Waals surface area contributed by atoms with E-state index >= 15 is 0 Å². The van der Waals surface area contributed by atoms with Crippen molar-refractivity contribution in [3.63, 3.8) is 0 Å². The molecule has 1 fully saturated rings. The molecule has 2 aromatic rings. The van der Waals surface area contributed by atoms with E-state index in [4.69, 9.17) is 27.9 Å². The maximum absolute atomic E-state index is 13.7. The van der Waals surface area contributed by atoms with Crippen LogP contribution in [0.2, 0.25) is 10.0 Å². The van der Waals surface area contributed by atoms with Gasteiger partial charge in [-0.05, 0) is 36.8 Å². The lowest BCUT2D eigenvalue weighted by atomic mass is 10.2. The molecule has 28 heavy (non-hydrogen) atoms. The molecule has 0 atom stereocenters. The fourth-order valence-corrected chi connectivity index (χ4v) is 4.94. The Labute approximate surface area is 172 Å². The molecule has 1 aliphatic rings. The van der Waals surface area contributed by atoms with Crippen LogP contribution in [0.1, 0.15) is 15.9 Å². The standard InChI is InChI=1S/C18H17Cl2FN2O4S/c1-11-2-3-12(8-16(11)21)22-18(24)13-9-17(15(20)10-14(13)19)28(25,26)23-4-6-27-7-5-23/h2-3,8-10H,4-7H2,1H3,(H,22,24). The molecule has 1 amide bonds. The molecule has 3 rings (SSSR count). The van der Waals surface area contributed by atoms with Crippen molar-refractivity contribution in [3.05, 3.63) is 57.3 Å². The van der Waals surface area contributed by atoms with Gasteiger partial charge in [0, 0.05) is 18.8 Å². The highest BCUT2D eigenvalue weighted by Gasteiger charge is 2.30. The van der Waals surface area contributed by atoms with E-state index in [1.54, 1.807) is 6.92 Å². The Morgan fingerprint density at radius 1 is 1.14 bits per heavy atom. The highest BCUT2D eigenvalue weighted by atomic mass is 35.5. The summed E-state index contributed by atoms with van der Waals surface area (Å²) >= 11 is 12.2. The van der Waals surface area contributed by atoms with Crippen molar-refractivity contribution in [2.24, 2.45) is 0 Å². The highest BCUT2D eigenvalue weighted by molar-refractivity contribution is 7.89. The van der Waals surface area contributed by atoms with Gasteiger partial charge in [-0.2, -0.15) is 4.31 Å². The van der Waals surface area contributed by atoms with E-state index in [0.29, 0.717) is 5.56 Å². The summed E-state index contributed by atoms with van der Waals surface area (Å²) in [6, 6.07) is 6.56. The maximum Gasteiger partial charge on any atom is 0.257 e. The van der Waals surface area contributed by atoms with E-state index < -0.39 is 21.7 Å². The molecule has 2 aromatic carbocycles. The Hall–Kier alpha value is -1.71. The van der Waals surface area contributed by atoms with Crippen molar-refractivity contribution in [1.29, 1.82) is 0 Å². The summed E-state index contributed by atoms with van der Waals surface area (Å²) in [6.07, 6.45) is 0. The van der Waals surface area contributed by atoms with Crippen LogP contribution in [-0.2, 0) is 14.8 Å². The lowest BCUT2D eigenvalue weighted by Gasteiger charge is -2.26. The van der Waals surface area contributed by atoms with Gasteiger partial charge in [0.05, 0.1) is 28.8 Å². The van der Waals surface area contributed by atoms with E-state index in [-0.39, 0.29) is 52.5 Å². The topological polar surface area (TPSA) is 75.7 Å². The van der Waals surface area contributed by atoms with Crippen LogP contribution in [0, 0.1) is 12.7 Å². The maximum atomic E-state index is 13.7. The number of nitrogens with zero attached hydrogens (tertiary/aromatic N) is 1. The summed E-state index contributed by atoms with van der Waals surface area (Å²) in [7, 11) is -3.93. The van der Waals surface area contributed by atoms with Crippen molar-refractivity contribution in [2.45, 2.75) is 11.8 Å². The molecule has 1 saturated heterocycles. The van der Waals surface area contributed by atoms with Crippen LogP contribution < -0.4 is 5.32 Å². The number of ether oxygens (including phenoxy) is 1. The summed E-state index contributed by atoms with van der Waals surface area (Å²) < 4.78 is 45.9. The molecule has 0 spiro atoms. The number of carbonyl (C=O) groups is 1. The lowest BCUT2D eigenvalue weighted by molar-refractivity contribution is 0.0730. The van der Waals surface area contributed by atoms with Crippen LogP contribution in [0.4, 0.5) is 10.1 Å². The third-order valence-corrected chi connectivity index (χ3v) is 6.96. The van der Waals surface area contributed by atoms with E-state index in [2.05, 4.69) is 5.32 Å². The van der Waals surface area contributed by atoms with Crippen molar-refractivity contribution < 1.29 is 22.3 Å². The summed E-state index contributed by atoms with van der Waals surface area (Å²) in [4.78, 5) is 12.4. The van der Waals surface area contributed by atoms with E-state index in [1.807, 2.05) is 0 Å². The molecule has 0 aromatic heterocycles. The summed E-state index contributed by atoms with van der Waals surface area (Å²) in [6.45, 7) is 2.52. The van der Waals surface area contributed by atoms with Gasteiger partial charge >= 0.3 is 0 Å². The zero-order chi connectivity index (χ0) is 20.5. The van der Waals surface area contributed by atoms with Gasteiger partial charge in [-0.1, -0.05) is 29.3 Å². The molecule has 6 nitrogen and oxygen atoms in total. The van der Waals surface area contributed by atoms with E-state index in [0.717, 1.165) is 6.07 Å². The number of hydrogen-bond donors (Lipinski definition) is 1. The number of benzene rings is 2. The van der Waals surface area contributed by atoms with Crippen molar-refractivity contribution >= 4 is 44.8 Å². The van der Waals surface area contributed by atoms with Crippen LogP contribution in [0.5, 0.6) is 0 Å². The number of amides is 1. The lowest BCUT2D eigenvalue weighted by Crippen LogP contribution is -2.40.